The molecule has 2 N–H and O–H groups in total. The molecule has 0 bridgehead atoms. The number of aryl methyl sites for hydroxylation is 1. The number of methoxy groups -OCH3 is 1. The minimum Gasteiger partial charge on any atom is -0.399 e. The summed E-state index contributed by atoms with van der Waals surface area (Å²) < 4.78 is 4.84. The number of carbonyl (C=O) groups is 2. The zero-order valence-electron chi connectivity index (χ0n) is 12.5. The highest BCUT2D eigenvalue weighted by molar-refractivity contribution is 5.96. The third-order valence-electron chi connectivity index (χ3n) is 3.68. The largest absolute Gasteiger partial charge is 0.399 e. The van der Waals surface area contributed by atoms with Crippen molar-refractivity contribution in [3.63, 3.8) is 0 Å². The van der Waals surface area contributed by atoms with E-state index in [2.05, 4.69) is 0 Å². The maximum absolute atomic E-state index is 12.5. The number of nitrogen functional groups attached to an aromatic ring is 1. The monoisotopic (exact) mass is 291 g/mol. The highest BCUT2D eigenvalue weighted by Crippen LogP contribution is 2.16. The van der Waals surface area contributed by atoms with Gasteiger partial charge in [0.25, 0.3) is 5.91 Å². The van der Waals surface area contributed by atoms with Crippen molar-refractivity contribution in [3.8, 4) is 0 Å². The van der Waals surface area contributed by atoms with Crippen LogP contribution >= 0.6 is 0 Å². The summed E-state index contributed by atoms with van der Waals surface area (Å²) in [7, 11) is 1.50. The first kappa shape index (κ1) is 15.3. The molecule has 2 amide bonds. The number of nitrogens with two attached hydrogens (primary N) is 1. The molecular formula is C15H21N3O3. The molecule has 21 heavy (non-hydrogen) atoms. The van der Waals surface area contributed by atoms with Gasteiger partial charge in [-0.15, -0.1) is 0 Å². The Morgan fingerprint density at radius 1 is 1.19 bits per heavy atom. The molecule has 1 aliphatic rings. The maximum Gasteiger partial charge on any atom is 0.254 e. The third-order valence-corrected chi connectivity index (χ3v) is 3.68. The molecule has 0 aliphatic carbocycles. The summed E-state index contributed by atoms with van der Waals surface area (Å²) in [6, 6.07) is 5.34. The third kappa shape index (κ3) is 3.52. The number of rotatable bonds is 3. The summed E-state index contributed by atoms with van der Waals surface area (Å²) in [5.41, 5.74) is 7.87. The van der Waals surface area contributed by atoms with Crippen molar-refractivity contribution < 1.29 is 14.3 Å². The van der Waals surface area contributed by atoms with Gasteiger partial charge >= 0.3 is 0 Å². The van der Waals surface area contributed by atoms with Gasteiger partial charge < -0.3 is 20.3 Å². The van der Waals surface area contributed by atoms with Crippen LogP contribution in [0.2, 0.25) is 0 Å². The van der Waals surface area contributed by atoms with E-state index in [1.54, 1.807) is 21.9 Å². The van der Waals surface area contributed by atoms with Crippen molar-refractivity contribution in [3.05, 3.63) is 29.3 Å². The number of hydrogen-bond acceptors (Lipinski definition) is 4. The van der Waals surface area contributed by atoms with Crippen LogP contribution in [0.4, 0.5) is 5.69 Å². The predicted molar refractivity (Wildman–Crippen MR) is 80.0 cm³/mol. The Morgan fingerprint density at radius 3 is 2.43 bits per heavy atom. The van der Waals surface area contributed by atoms with Crippen LogP contribution in [0.5, 0.6) is 0 Å². The van der Waals surface area contributed by atoms with E-state index in [9.17, 15) is 9.59 Å². The second-order valence-electron chi connectivity index (χ2n) is 5.18. The molecule has 1 saturated heterocycles. The van der Waals surface area contributed by atoms with Crippen LogP contribution in [0.1, 0.15) is 15.9 Å². The SMILES string of the molecule is COCC(=O)N1CCN(C(=O)c2cc(N)ccc2C)CC1. The summed E-state index contributed by atoms with van der Waals surface area (Å²) in [5, 5.41) is 0. The fraction of sp³-hybridized carbons (Fsp3) is 0.467. The van der Waals surface area contributed by atoms with Crippen molar-refractivity contribution in [1.29, 1.82) is 0 Å². The molecule has 0 radical (unpaired) electrons. The van der Waals surface area contributed by atoms with Gasteiger partial charge in [0.2, 0.25) is 5.91 Å². The van der Waals surface area contributed by atoms with E-state index in [1.165, 1.54) is 7.11 Å². The number of anilines is 1. The lowest BCUT2D eigenvalue weighted by molar-refractivity contribution is -0.136. The zero-order valence-corrected chi connectivity index (χ0v) is 12.5. The van der Waals surface area contributed by atoms with Gasteiger partial charge in [0.1, 0.15) is 6.61 Å². The lowest BCUT2D eigenvalue weighted by Crippen LogP contribution is -2.51. The standard InChI is InChI=1S/C15H21N3O3/c1-11-3-4-12(16)9-13(11)15(20)18-7-5-17(6-8-18)14(19)10-21-2/h3-4,9H,5-8,10,16H2,1-2H3. The van der Waals surface area contributed by atoms with Crippen LogP contribution in [-0.2, 0) is 9.53 Å². The number of nitrogens with zero attached hydrogens (tertiary/aromatic N) is 2. The van der Waals surface area contributed by atoms with E-state index in [4.69, 9.17) is 10.5 Å². The van der Waals surface area contributed by atoms with Gasteiger partial charge in [-0.1, -0.05) is 6.07 Å². The molecule has 1 fully saturated rings. The fourth-order valence-corrected chi connectivity index (χ4v) is 2.41. The Balaban J connectivity index is 2.00. The van der Waals surface area contributed by atoms with E-state index >= 15 is 0 Å². The molecule has 0 aromatic heterocycles. The van der Waals surface area contributed by atoms with Gasteiger partial charge in [0.15, 0.2) is 0 Å². The highest BCUT2D eigenvalue weighted by Gasteiger charge is 2.25. The average molecular weight is 291 g/mol. The van der Waals surface area contributed by atoms with Gasteiger partial charge in [0, 0.05) is 44.5 Å². The molecule has 1 aromatic carbocycles. The Labute approximate surface area is 124 Å². The minimum atomic E-state index is -0.0373. The van der Waals surface area contributed by atoms with Gasteiger partial charge in [-0.25, -0.2) is 0 Å². The molecule has 1 heterocycles. The summed E-state index contributed by atoms with van der Waals surface area (Å²) in [5.74, 6) is -0.0663. The molecule has 0 unspecified atom stereocenters. The van der Waals surface area contributed by atoms with Crippen molar-refractivity contribution in [2.75, 3.05) is 45.6 Å². The number of amides is 2. The fourth-order valence-electron chi connectivity index (χ4n) is 2.41. The molecule has 1 aromatic rings. The van der Waals surface area contributed by atoms with Crippen LogP contribution in [0.15, 0.2) is 18.2 Å². The van der Waals surface area contributed by atoms with E-state index < -0.39 is 0 Å². The molecular weight excluding hydrogens is 270 g/mol. The summed E-state index contributed by atoms with van der Waals surface area (Å²) in [4.78, 5) is 27.7. The highest BCUT2D eigenvalue weighted by atomic mass is 16.5. The molecule has 2 rings (SSSR count). The topological polar surface area (TPSA) is 75.9 Å². The molecule has 6 heteroatoms. The number of benzene rings is 1. The number of piperazine rings is 1. The molecule has 0 spiro atoms. The maximum atomic E-state index is 12.5. The lowest BCUT2D eigenvalue weighted by atomic mass is 10.1. The molecule has 114 valence electrons. The van der Waals surface area contributed by atoms with Gasteiger partial charge in [-0.2, -0.15) is 0 Å². The molecule has 0 saturated carbocycles. The first-order valence-electron chi connectivity index (χ1n) is 6.95. The first-order chi connectivity index (χ1) is 10.0. The van der Waals surface area contributed by atoms with Crippen LogP contribution < -0.4 is 5.73 Å². The van der Waals surface area contributed by atoms with Gasteiger partial charge in [-0.3, -0.25) is 9.59 Å². The van der Waals surface area contributed by atoms with Crippen LogP contribution in [0.25, 0.3) is 0 Å². The number of carbonyl (C=O) groups excluding carboxylic acids is 2. The Kier molecular flexibility index (Phi) is 4.80. The summed E-state index contributed by atoms with van der Waals surface area (Å²) >= 11 is 0. The van der Waals surface area contributed by atoms with Crippen molar-refractivity contribution in [2.45, 2.75) is 6.92 Å². The zero-order chi connectivity index (χ0) is 15.4. The van der Waals surface area contributed by atoms with E-state index in [0.717, 1.165) is 5.56 Å². The first-order valence-corrected chi connectivity index (χ1v) is 6.95. The predicted octanol–water partition coefficient (Wildman–Crippen LogP) is 0.508. The second kappa shape index (κ2) is 6.58. The lowest BCUT2D eigenvalue weighted by Gasteiger charge is -2.35. The molecule has 6 nitrogen and oxygen atoms in total. The van der Waals surface area contributed by atoms with Gasteiger partial charge in [0.05, 0.1) is 0 Å². The Bertz CT molecular complexity index is 537. The minimum absolute atomic E-state index is 0.0290. The van der Waals surface area contributed by atoms with Crippen molar-refractivity contribution >= 4 is 17.5 Å². The van der Waals surface area contributed by atoms with E-state index in [1.807, 2.05) is 13.0 Å². The van der Waals surface area contributed by atoms with E-state index in [0.29, 0.717) is 37.4 Å². The van der Waals surface area contributed by atoms with Crippen LogP contribution in [0, 0.1) is 6.92 Å². The summed E-state index contributed by atoms with van der Waals surface area (Å²) in [6.07, 6.45) is 0. The van der Waals surface area contributed by atoms with E-state index in [-0.39, 0.29) is 18.4 Å². The Morgan fingerprint density at radius 2 is 1.81 bits per heavy atom. The Hall–Kier alpha value is -2.08. The quantitative estimate of drug-likeness (QED) is 0.823. The van der Waals surface area contributed by atoms with Crippen molar-refractivity contribution in [2.24, 2.45) is 0 Å². The van der Waals surface area contributed by atoms with Crippen LogP contribution in [-0.4, -0.2) is 61.5 Å². The summed E-state index contributed by atoms with van der Waals surface area (Å²) in [6.45, 7) is 4.11. The van der Waals surface area contributed by atoms with Crippen LogP contribution in [0.3, 0.4) is 0 Å². The van der Waals surface area contributed by atoms with Gasteiger partial charge in [-0.05, 0) is 24.6 Å². The molecule has 0 atom stereocenters. The van der Waals surface area contributed by atoms with Crippen molar-refractivity contribution in [1.82, 2.24) is 9.80 Å². The normalized spacial score (nSPS) is 15.1. The smallest absolute Gasteiger partial charge is 0.254 e. The number of ether oxygens (including phenoxy) is 1. The average Bonchev–Trinajstić information content (AvgIpc) is 2.49. The molecule has 1 aliphatic heterocycles. The second-order valence-corrected chi connectivity index (χ2v) is 5.18. The number of hydrogen-bond donors (Lipinski definition) is 1.